The Bertz CT molecular complexity index is 1200. The molecule has 4 heteroatoms. The average Bonchev–Trinajstić information content (AvgIpc) is 3.04. The highest BCUT2D eigenvalue weighted by Crippen LogP contribution is 2.40. The minimum Gasteiger partial charge on any atom is -0.308 e. The van der Waals surface area contributed by atoms with E-state index in [2.05, 4.69) is 92.0 Å². The minimum atomic E-state index is 0.720. The van der Waals surface area contributed by atoms with Gasteiger partial charge in [0.2, 0.25) is 0 Å². The lowest BCUT2D eigenvalue weighted by Crippen LogP contribution is -1.81. The van der Waals surface area contributed by atoms with Crippen LogP contribution in [0.25, 0.3) is 38.1 Å². The van der Waals surface area contributed by atoms with Gasteiger partial charge in [-0.25, -0.2) is 0 Å². The van der Waals surface area contributed by atoms with Crippen molar-refractivity contribution in [2.45, 2.75) is 0 Å². The monoisotopic (exact) mass is 518 g/mol. The molecule has 0 bridgehead atoms. The number of rotatable bonds is 0. The quantitative estimate of drug-likeness (QED) is 0.234. The van der Waals surface area contributed by atoms with E-state index in [1.807, 2.05) is 12.1 Å². The second-order valence-electron chi connectivity index (χ2n) is 5.69. The molecule has 0 N–H and O–H groups in total. The second kappa shape index (κ2) is 4.71. The van der Waals surface area contributed by atoms with Gasteiger partial charge >= 0.3 is 0 Å². The first-order valence-corrected chi connectivity index (χ1v) is 9.31. The van der Waals surface area contributed by atoms with E-state index < -0.39 is 0 Å². The van der Waals surface area contributed by atoms with E-state index in [-0.39, 0.29) is 0 Å². The van der Waals surface area contributed by atoms with Crippen LogP contribution in [0.15, 0.2) is 48.5 Å². The molecule has 0 aliphatic rings. The highest BCUT2D eigenvalue weighted by molar-refractivity contribution is 14.1. The van der Waals surface area contributed by atoms with Crippen LogP contribution in [0.5, 0.6) is 0 Å². The number of nitrogens with zero attached hydrogens (tertiary/aromatic N) is 2. The van der Waals surface area contributed by atoms with Gasteiger partial charge in [0.05, 0.1) is 28.2 Å². The molecule has 0 amide bonds. The van der Waals surface area contributed by atoms with Gasteiger partial charge in [-0.05, 0) is 93.7 Å². The predicted molar refractivity (Wildman–Crippen MR) is 111 cm³/mol. The molecule has 0 aliphatic carbocycles. The van der Waals surface area contributed by atoms with Crippen molar-refractivity contribution >= 4 is 83.3 Å². The number of nitriles is 1. The van der Waals surface area contributed by atoms with Gasteiger partial charge in [0, 0.05) is 28.7 Å². The Balaban J connectivity index is 2.21. The molecule has 2 aromatic heterocycles. The van der Waals surface area contributed by atoms with Crippen LogP contribution < -0.4 is 0 Å². The summed E-state index contributed by atoms with van der Waals surface area (Å²) < 4.78 is 4.76. The van der Waals surface area contributed by atoms with E-state index in [0.717, 1.165) is 5.56 Å². The van der Waals surface area contributed by atoms with E-state index in [1.165, 1.54) is 45.2 Å². The molecule has 0 saturated heterocycles. The Kier molecular flexibility index (Phi) is 2.83. The molecule has 0 aliphatic heterocycles. The Labute approximate surface area is 159 Å². The zero-order chi connectivity index (χ0) is 15.7. The van der Waals surface area contributed by atoms with Crippen molar-refractivity contribution in [3.63, 3.8) is 0 Å². The molecule has 3 aromatic carbocycles. The fraction of sp³-hybridized carbons (Fsp3) is 0. The lowest BCUT2D eigenvalue weighted by Gasteiger charge is -1.99. The molecule has 2 heterocycles. The van der Waals surface area contributed by atoms with E-state index in [0.29, 0.717) is 0 Å². The van der Waals surface area contributed by atoms with Crippen molar-refractivity contribution in [3.8, 4) is 6.07 Å². The van der Waals surface area contributed by atoms with Gasteiger partial charge in [-0.3, -0.25) is 0 Å². The molecule has 0 spiro atoms. The molecule has 108 valence electrons. The molecule has 0 radical (unpaired) electrons. The summed E-state index contributed by atoms with van der Waals surface area (Å²) >= 11 is 4.69. The first-order valence-electron chi connectivity index (χ1n) is 7.15. The number of hydrogen-bond acceptors (Lipinski definition) is 1. The maximum absolute atomic E-state index is 9.44. The van der Waals surface area contributed by atoms with Crippen LogP contribution in [-0.4, -0.2) is 4.40 Å². The fourth-order valence-electron chi connectivity index (χ4n) is 3.56. The van der Waals surface area contributed by atoms with Crippen molar-refractivity contribution in [1.29, 1.82) is 5.26 Å². The highest BCUT2D eigenvalue weighted by atomic mass is 127. The summed E-state index contributed by atoms with van der Waals surface area (Å²) in [7, 11) is 0. The second-order valence-corrected chi connectivity index (χ2v) is 8.18. The fourth-order valence-corrected chi connectivity index (χ4v) is 4.54. The van der Waals surface area contributed by atoms with Gasteiger partial charge in [-0.1, -0.05) is 0 Å². The molecule has 5 rings (SSSR count). The molecule has 0 fully saturated rings. The summed E-state index contributed by atoms with van der Waals surface area (Å²) in [5.41, 5.74) is 4.35. The van der Waals surface area contributed by atoms with Gasteiger partial charge in [-0.2, -0.15) is 5.26 Å². The third kappa shape index (κ3) is 1.78. The first-order chi connectivity index (χ1) is 11.2. The Hall–Kier alpha value is -1.59. The summed E-state index contributed by atoms with van der Waals surface area (Å²) in [5, 5.41) is 14.2. The third-order valence-electron chi connectivity index (χ3n) is 4.44. The first kappa shape index (κ1) is 13.8. The minimum absolute atomic E-state index is 0.720. The average molecular weight is 518 g/mol. The maximum Gasteiger partial charge on any atom is 0.0992 e. The summed E-state index contributed by atoms with van der Waals surface area (Å²) in [6.07, 6.45) is 0. The predicted octanol–water partition coefficient (Wildman–Crippen LogP) is 5.92. The van der Waals surface area contributed by atoms with E-state index in [9.17, 15) is 5.26 Å². The normalized spacial score (nSPS) is 11.9. The smallest absolute Gasteiger partial charge is 0.0992 e. The molecule has 5 aromatic rings. The summed E-state index contributed by atoms with van der Waals surface area (Å²) in [6, 6.07) is 19.4. The van der Waals surface area contributed by atoms with Crippen LogP contribution in [0.4, 0.5) is 0 Å². The Morgan fingerprint density at radius 1 is 0.739 bits per heavy atom. The Morgan fingerprint density at radius 3 is 1.74 bits per heavy atom. The number of aromatic nitrogens is 1. The lowest BCUT2D eigenvalue weighted by molar-refractivity contribution is 1.37. The topological polar surface area (TPSA) is 28.2 Å². The number of halogens is 2. The maximum atomic E-state index is 9.44. The van der Waals surface area contributed by atoms with Gasteiger partial charge in [-0.15, -0.1) is 0 Å². The van der Waals surface area contributed by atoms with Crippen LogP contribution in [0, 0.1) is 18.5 Å². The Morgan fingerprint density at radius 2 is 1.26 bits per heavy atom. The van der Waals surface area contributed by atoms with Crippen LogP contribution >= 0.6 is 45.2 Å². The summed E-state index contributed by atoms with van der Waals surface area (Å²) in [6.45, 7) is 0. The SMILES string of the molecule is N#Cc1cc2c3cc(I)ccc3n3c4ccc(I)cc4c(c1)c23. The van der Waals surface area contributed by atoms with E-state index in [4.69, 9.17) is 0 Å². The molecule has 0 atom stereocenters. The number of benzene rings is 3. The summed E-state index contributed by atoms with van der Waals surface area (Å²) in [4.78, 5) is 0. The van der Waals surface area contributed by atoms with Crippen molar-refractivity contribution < 1.29 is 0 Å². The van der Waals surface area contributed by atoms with Gasteiger partial charge < -0.3 is 4.40 Å². The highest BCUT2D eigenvalue weighted by Gasteiger charge is 2.18. The zero-order valence-corrected chi connectivity index (χ0v) is 16.1. The van der Waals surface area contributed by atoms with E-state index >= 15 is 0 Å². The molecule has 23 heavy (non-hydrogen) atoms. The zero-order valence-electron chi connectivity index (χ0n) is 11.8. The van der Waals surface area contributed by atoms with Crippen LogP contribution in [-0.2, 0) is 0 Å². The molecule has 0 unspecified atom stereocenters. The molecular formula is C19H8I2N2. The van der Waals surface area contributed by atoms with Crippen molar-refractivity contribution in [3.05, 3.63) is 61.2 Å². The molecule has 2 nitrogen and oxygen atoms in total. The van der Waals surface area contributed by atoms with Crippen molar-refractivity contribution in [2.24, 2.45) is 0 Å². The number of hydrogen-bond donors (Lipinski definition) is 0. The third-order valence-corrected chi connectivity index (χ3v) is 5.78. The lowest BCUT2D eigenvalue weighted by atomic mass is 10.0. The van der Waals surface area contributed by atoms with Crippen molar-refractivity contribution in [2.75, 3.05) is 0 Å². The summed E-state index contributed by atoms with van der Waals surface area (Å²) in [5.74, 6) is 0. The van der Waals surface area contributed by atoms with E-state index in [1.54, 1.807) is 0 Å². The van der Waals surface area contributed by atoms with Crippen LogP contribution in [0.3, 0.4) is 0 Å². The van der Waals surface area contributed by atoms with Crippen molar-refractivity contribution in [1.82, 2.24) is 4.40 Å². The number of fused-ring (bicyclic) bond motifs is 6. The molecular weight excluding hydrogens is 510 g/mol. The van der Waals surface area contributed by atoms with Gasteiger partial charge in [0.25, 0.3) is 0 Å². The largest absolute Gasteiger partial charge is 0.308 e. The van der Waals surface area contributed by atoms with Gasteiger partial charge in [0.1, 0.15) is 0 Å². The standard InChI is InChI=1S/C19H8I2N2/c20-11-1-3-17-13(7-11)15-5-10(9-22)6-16-14-8-12(21)2-4-18(14)23(17)19(15)16/h1-8H. The van der Waals surface area contributed by atoms with Gasteiger partial charge in [0.15, 0.2) is 0 Å². The molecule has 0 saturated carbocycles. The van der Waals surface area contributed by atoms with Crippen LogP contribution in [0.2, 0.25) is 0 Å². The van der Waals surface area contributed by atoms with Crippen LogP contribution in [0.1, 0.15) is 5.56 Å².